The molecule has 0 bridgehead atoms. The van der Waals surface area contributed by atoms with E-state index in [4.69, 9.17) is 4.74 Å². The number of unbranched alkanes of at least 4 members (excludes halogenated alkanes) is 4. The topological polar surface area (TPSA) is 26.3 Å². The zero-order valence-electron chi connectivity index (χ0n) is 19.4. The van der Waals surface area contributed by atoms with Crippen molar-refractivity contribution < 1.29 is 9.53 Å². The predicted octanol–water partition coefficient (Wildman–Crippen LogP) is 8.40. The summed E-state index contributed by atoms with van der Waals surface area (Å²) in [5.41, 5.74) is 4.55. The summed E-state index contributed by atoms with van der Waals surface area (Å²) in [5, 5.41) is 0. The number of allylic oxidation sites excluding steroid dienone is 2. The Hall–Kier alpha value is -2.35. The van der Waals surface area contributed by atoms with Gasteiger partial charge in [-0.3, -0.25) is 0 Å². The Morgan fingerprint density at radius 2 is 1.65 bits per heavy atom. The molecule has 0 heterocycles. The number of rotatable bonds is 11. The Morgan fingerprint density at radius 1 is 0.903 bits per heavy atom. The standard InChI is InChI=1S/C29H38O2/c1-3-5-6-7-8-10-24-13-21-28(22-14-24)31-29(30)27-19-17-26(18-20-27)25-15-11-23(9-4-2)12-16-25/h13-15,17-23H,3-12,16H2,1-2H3. The minimum absolute atomic E-state index is 0.292. The fraction of sp³-hybridized carbons (Fsp3) is 0.483. The van der Waals surface area contributed by atoms with E-state index in [1.54, 1.807) is 0 Å². The van der Waals surface area contributed by atoms with E-state index in [9.17, 15) is 4.79 Å². The van der Waals surface area contributed by atoms with Crippen molar-refractivity contribution in [3.8, 4) is 5.75 Å². The van der Waals surface area contributed by atoms with Gasteiger partial charge in [-0.05, 0) is 79.0 Å². The summed E-state index contributed by atoms with van der Waals surface area (Å²) in [6.45, 7) is 4.51. The van der Waals surface area contributed by atoms with Crippen LogP contribution in [0.25, 0.3) is 5.57 Å². The predicted molar refractivity (Wildman–Crippen MR) is 131 cm³/mol. The van der Waals surface area contributed by atoms with Gasteiger partial charge in [0, 0.05) is 0 Å². The zero-order valence-corrected chi connectivity index (χ0v) is 19.4. The normalized spacial score (nSPS) is 16.1. The Labute approximate surface area is 188 Å². The lowest BCUT2D eigenvalue weighted by Crippen LogP contribution is -2.09. The molecule has 0 amide bonds. The van der Waals surface area contributed by atoms with Gasteiger partial charge in [0.1, 0.15) is 5.75 Å². The van der Waals surface area contributed by atoms with Crippen molar-refractivity contribution in [2.75, 3.05) is 0 Å². The first kappa shape index (κ1) is 23.3. The van der Waals surface area contributed by atoms with Gasteiger partial charge in [-0.15, -0.1) is 0 Å². The Balaban J connectivity index is 1.49. The Kier molecular flexibility index (Phi) is 9.39. The second-order valence-corrected chi connectivity index (χ2v) is 8.93. The number of ether oxygens (including phenoxy) is 1. The lowest BCUT2D eigenvalue weighted by atomic mass is 9.84. The first-order valence-electron chi connectivity index (χ1n) is 12.3. The minimum Gasteiger partial charge on any atom is -0.423 e. The van der Waals surface area contributed by atoms with Crippen molar-refractivity contribution in [2.24, 2.45) is 5.92 Å². The molecule has 31 heavy (non-hydrogen) atoms. The second-order valence-electron chi connectivity index (χ2n) is 8.93. The van der Waals surface area contributed by atoms with Crippen molar-refractivity contribution in [3.63, 3.8) is 0 Å². The van der Waals surface area contributed by atoms with Crippen LogP contribution in [-0.4, -0.2) is 5.97 Å². The van der Waals surface area contributed by atoms with Crippen LogP contribution < -0.4 is 4.74 Å². The van der Waals surface area contributed by atoms with Gasteiger partial charge in [-0.25, -0.2) is 4.79 Å². The smallest absolute Gasteiger partial charge is 0.343 e. The average Bonchev–Trinajstić information content (AvgIpc) is 2.81. The molecular weight excluding hydrogens is 380 g/mol. The van der Waals surface area contributed by atoms with Gasteiger partial charge in [0.2, 0.25) is 0 Å². The molecule has 0 saturated carbocycles. The van der Waals surface area contributed by atoms with Crippen molar-refractivity contribution in [1.82, 2.24) is 0 Å². The van der Waals surface area contributed by atoms with Crippen LogP contribution in [0.2, 0.25) is 0 Å². The molecule has 166 valence electrons. The molecule has 0 saturated heterocycles. The van der Waals surface area contributed by atoms with E-state index < -0.39 is 0 Å². The molecule has 1 aliphatic rings. The van der Waals surface area contributed by atoms with E-state index in [0.29, 0.717) is 11.3 Å². The van der Waals surface area contributed by atoms with Crippen LogP contribution in [0.15, 0.2) is 54.6 Å². The summed E-state index contributed by atoms with van der Waals surface area (Å²) in [6.07, 6.45) is 16.1. The van der Waals surface area contributed by atoms with Gasteiger partial charge in [0.25, 0.3) is 0 Å². The molecule has 3 rings (SSSR count). The van der Waals surface area contributed by atoms with Crippen molar-refractivity contribution in [1.29, 1.82) is 0 Å². The largest absolute Gasteiger partial charge is 0.423 e. The van der Waals surface area contributed by atoms with E-state index in [2.05, 4.69) is 44.2 Å². The maximum atomic E-state index is 12.5. The molecule has 1 aliphatic carbocycles. The molecule has 2 aromatic rings. The maximum absolute atomic E-state index is 12.5. The van der Waals surface area contributed by atoms with Crippen LogP contribution in [0.1, 0.15) is 99.5 Å². The highest BCUT2D eigenvalue weighted by Gasteiger charge is 2.15. The van der Waals surface area contributed by atoms with Crippen LogP contribution in [0.3, 0.4) is 0 Å². The third kappa shape index (κ3) is 7.38. The highest BCUT2D eigenvalue weighted by Crippen LogP contribution is 2.32. The molecule has 2 heteroatoms. The first-order valence-corrected chi connectivity index (χ1v) is 12.3. The zero-order chi connectivity index (χ0) is 21.9. The SMILES string of the molecule is CCCCCCCc1ccc(OC(=O)c2ccc(C3=CCC(CCC)CC3)cc2)cc1. The van der Waals surface area contributed by atoms with Gasteiger partial charge in [0.05, 0.1) is 5.56 Å². The quantitative estimate of drug-likeness (QED) is 0.208. The molecule has 0 aliphatic heterocycles. The number of benzene rings is 2. The molecule has 0 radical (unpaired) electrons. The molecule has 0 aromatic heterocycles. The Bertz CT molecular complexity index is 830. The van der Waals surface area contributed by atoms with Crippen LogP contribution in [0, 0.1) is 5.92 Å². The fourth-order valence-corrected chi connectivity index (χ4v) is 4.46. The molecule has 0 spiro atoms. The second kappa shape index (κ2) is 12.5. The molecule has 0 fully saturated rings. The first-order chi connectivity index (χ1) is 15.2. The van der Waals surface area contributed by atoms with Crippen LogP contribution in [-0.2, 0) is 6.42 Å². The third-order valence-corrected chi connectivity index (χ3v) is 6.41. The van der Waals surface area contributed by atoms with Gasteiger partial charge >= 0.3 is 5.97 Å². The van der Waals surface area contributed by atoms with E-state index in [1.807, 2.05) is 24.3 Å². The molecule has 0 N–H and O–H groups in total. The van der Waals surface area contributed by atoms with Crippen molar-refractivity contribution in [3.05, 3.63) is 71.3 Å². The number of aryl methyl sites for hydroxylation is 1. The number of esters is 1. The fourth-order valence-electron chi connectivity index (χ4n) is 4.46. The summed E-state index contributed by atoms with van der Waals surface area (Å²) in [7, 11) is 0. The number of carbonyl (C=O) groups is 1. The molecular formula is C29H38O2. The molecule has 2 aromatic carbocycles. The lowest BCUT2D eigenvalue weighted by molar-refractivity contribution is 0.0734. The molecule has 2 nitrogen and oxygen atoms in total. The van der Waals surface area contributed by atoms with Crippen molar-refractivity contribution >= 4 is 11.5 Å². The number of carbonyl (C=O) groups excluding carboxylic acids is 1. The van der Waals surface area contributed by atoms with E-state index in [1.165, 1.54) is 74.5 Å². The van der Waals surface area contributed by atoms with E-state index in [0.717, 1.165) is 18.8 Å². The van der Waals surface area contributed by atoms with Gasteiger partial charge in [-0.1, -0.05) is 82.7 Å². The Morgan fingerprint density at radius 3 is 2.29 bits per heavy atom. The summed E-state index contributed by atoms with van der Waals surface area (Å²) >= 11 is 0. The summed E-state index contributed by atoms with van der Waals surface area (Å²) < 4.78 is 5.59. The molecule has 1 unspecified atom stereocenters. The van der Waals surface area contributed by atoms with Gasteiger partial charge in [-0.2, -0.15) is 0 Å². The maximum Gasteiger partial charge on any atom is 0.343 e. The number of hydrogen-bond acceptors (Lipinski definition) is 2. The van der Waals surface area contributed by atoms with Crippen LogP contribution >= 0.6 is 0 Å². The van der Waals surface area contributed by atoms with Crippen LogP contribution in [0.5, 0.6) is 5.75 Å². The summed E-state index contributed by atoms with van der Waals surface area (Å²) in [5.74, 6) is 1.16. The third-order valence-electron chi connectivity index (χ3n) is 6.41. The van der Waals surface area contributed by atoms with Gasteiger partial charge in [0.15, 0.2) is 0 Å². The lowest BCUT2D eigenvalue weighted by Gasteiger charge is -2.21. The van der Waals surface area contributed by atoms with Crippen LogP contribution in [0.4, 0.5) is 0 Å². The summed E-state index contributed by atoms with van der Waals surface area (Å²) in [4.78, 5) is 12.5. The van der Waals surface area contributed by atoms with E-state index >= 15 is 0 Å². The number of hydrogen-bond donors (Lipinski definition) is 0. The highest BCUT2D eigenvalue weighted by molar-refractivity contribution is 5.91. The monoisotopic (exact) mass is 418 g/mol. The van der Waals surface area contributed by atoms with E-state index in [-0.39, 0.29) is 5.97 Å². The summed E-state index contributed by atoms with van der Waals surface area (Å²) in [6, 6.07) is 15.9. The minimum atomic E-state index is -0.292. The van der Waals surface area contributed by atoms with Crippen molar-refractivity contribution in [2.45, 2.75) is 84.5 Å². The molecule has 1 atom stereocenters. The van der Waals surface area contributed by atoms with Gasteiger partial charge < -0.3 is 4.74 Å². The highest BCUT2D eigenvalue weighted by atomic mass is 16.5. The average molecular weight is 419 g/mol.